The number of hydrogen-bond donors (Lipinski definition) is 1. The number of piperidine rings is 1. The fourth-order valence-electron chi connectivity index (χ4n) is 2.48. The van der Waals surface area contributed by atoms with E-state index >= 15 is 0 Å². The van der Waals surface area contributed by atoms with Crippen LogP contribution in [0.1, 0.15) is 28.8 Å². The van der Waals surface area contributed by atoms with Gasteiger partial charge in [0.1, 0.15) is 0 Å². The van der Waals surface area contributed by atoms with Crippen molar-refractivity contribution in [1.29, 1.82) is 0 Å². The molecule has 1 aromatic rings. The predicted octanol–water partition coefficient (Wildman–Crippen LogP) is 1.60. The van der Waals surface area contributed by atoms with Crippen molar-refractivity contribution in [3.63, 3.8) is 0 Å². The quantitative estimate of drug-likeness (QED) is 0.658. The Morgan fingerprint density at radius 1 is 1.30 bits per heavy atom. The van der Waals surface area contributed by atoms with Gasteiger partial charge < -0.3 is 15.4 Å². The fraction of sp³-hybridized carbons (Fsp3) is 0.467. The molecule has 0 unspecified atom stereocenters. The molecule has 1 amide bonds. The predicted molar refractivity (Wildman–Crippen MR) is 76.2 cm³/mol. The van der Waals surface area contributed by atoms with Gasteiger partial charge in [0.2, 0.25) is 0 Å². The first-order valence-corrected chi connectivity index (χ1v) is 6.76. The lowest BCUT2D eigenvalue weighted by molar-refractivity contribution is -0.146. The minimum absolute atomic E-state index is 0.00332. The number of benzene rings is 1. The summed E-state index contributed by atoms with van der Waals surface area (Å²) in [5, 5.41) is 0. The van der Waals surface area contributed by atoms with Gasteiger partial charge in [-0.1, -0.05) is 0 Å². The standard InChI is InChI=1S/C15H20N2O3/c1-10-9-12(3-4-13(10)16)14(18)17-7-5-11(6-8-17)15(19)20-2/h3-4,9,11H,5-8,16H2,1-2H3. The second-order valence-corrected chi connectivity index (χ2v) is 5.16. The Bertz CT molecular complexity index is 520. The molecule has 2 N–H and O–H groups in total. The van der Waals surface area contributed by atoms with Crippen molar-refractivity contribution in [3.8, 4) is 0 Å². The molecule has 0 aromatic heterocycles. The Balaban J connectivity index is 2.01. The van der Waals surface area contributed by atoms with Gasteiger partial charge in [0.15, 0.2) is 0 Å². The zero-order valence-electron chi connectivity index (χ0n) is 11.9. The average molecular weight is 276 g/mol. The van der Waals surface area contributed by atoms with Crippen LogP contribution < -0.4 is 5.73 Å². The monoisotopic (exact) mass is 276 g/mol. The van der Waals surface area contributed by atoms with E-state index in [2.05, 4.69) is 0 Å². The van der Waals surface area contributed by atoms with Crippen molar-refractivity contribution < 1.29 is 14.3 Å². The number of carbonyl (C=O) groups is 2. The number of nitrogens with two attached hydrogens (primary N) is 1. The molecule has 1 heterocycles. The molecular formula is C15H20N2O3. The van der Waals surface area contributed by atoms with Crippen molar-refractivity contribution in [3.05, 3.63) is 29.3 Å². The van der Waals surface area contributed by atoms with E-state index in [0.29, 0.717) is 37.2 Å². The molecule has 5 nitrogen and oxygen atoms in total. The van der Waals surface area contributed by atoms with Crippen molar-refractivity contribution in [2.45, 2.75) is 19.8 Å². The Morgan fingerprint density at radius 2 is 1.95 bits per heavy atom. The molecule has 1 fully saturated rings. The molecule has 1 aliphatic heterocycles. The summed E-state index contributed by atoms with van der Waals surface area (Å²) in [5.74, 6) is -0.269. The number of ether oxygens (including phenoxy) is 1. The van der Waals surface area contributed by atoms with Crippen molar-refractivity contribution in [2.75, 3.05) is 25.9 Å². The minimum atomic E-state index is -0.180. The van der Waals surface area contributed by atoms with Gasteiger partial charge in [-0.3, -0.25) is 9.59 Å². The van der Waals surface area contributed by atoms with Gasteiger partial charge in [0.05, 0.1) is 13.0 Å². The smallest absolute Gasteiger partial charge is 0.308 e. The zero-order valence-corrected chi connectivity index (χ0v) is 11.9. The lowest BCUT2D eigenvalue weighted by Gasteiger charge is -2.30. The van der Waals surface area contributed by atoms with Gasteiger partial charge in [-0.25, -0.2) is 0 Å². The average Bonchev–Trinajstić information content (AvgIpc) is 2.48. The summed E-state index contributed by atoms with van der Waals surface area (Å²) in [6.45, 7) is 3.06. The number of esters is 1. The summed E-state index contributed by atoms with van der Waals surface area (Å²) in [6, 6.07) is 5.31. The molecule has 2 rings (SSSR count). The third-order valence-electron chi connectivity index (χ3n) is 3.83. The Labute approximate surface area is 118 Å². The maximum atomic E-state index is 12.4. The molecular weight excluding hydrogens is 256 g/mol. The second-order valence-electron chi connectivity index (χ2n) is 5.16. The number of methoxy groups -OCH3 is 1. The van der Waals surface area contributed by atoms with E-state index in [-0.39, 0.29) is 17.8 Å². The molecule has 1 aliphatic rings. The second kappa shape index (κ2) is 5.94. The number of nitrogen functional groups attached to an aromatic ring is 1. The summed E-state index contributed by atoms with van der Waals surface area (Å²) >= 11 is 0. The maximum absolute atomic E-state index is 12.4. The Morgan fingerprint density at radius 3 is 2.50 bits per heavy atom. The number of nitrogens with zero attached hydrogens (tertiary/aromatic N) is 1. The number of anilines is 1. The molecule has 0 radical (unpaired) electrons. The van der Waals surface area contributed by atoms with E-state index in [0.717, 1.165) is 5.56 Å². The summed E-state index contributed by atoms with van der Waals surface area (Å²) in [6.07, 6.45) is 1.32. The number of likely N-dealkylation sites (tertiary alicyclic amines) is 1. The summed E-state index contributed by atoms with van der Waals surface area (Å²) in [4.78, 5) is 25.6. The number of hydrogen-bond acceptors (Lipinski definition) is 4. The normalized spacial score (nSPS) is 16.0. The van der Waals surface area contributed by atoms with E-state index in [1.54, 1.807) is 17.0 Å². The van der Waals surface area contributed by atoms with Crippen LogP contribution in [0, 0.1) is 12.8 Å². The lowest BCUT2D eigenvalue weighted by atomic mass is 9.96. The van der Waals surface area contributed by atoms with Crippen LogP contribution >= 0.6 is 0 Å². The summed E-state index contributed by atoms with van der Waals surface area (Å²) < 4.78 is 4.74. The third kappa shape index (κ3) is 2.92. The van der Waals surface area contributed by atoms with Crippen LogP contribution in [0.4, 0.5) is 5.69 Å². The molecule has 0 spiro atoms. The molecule has 5 heteroatoms. The molecule has 0 bridgehead atoms. The van der Waals surface area contributed by atoms with Gasteiger partial charge >= 0.3 is 5.97 Å². The maximum Gasteiger partial charge on any atom is 0.308 e. The van der Waals surface area contributed by atoms with Gasteiger partial charge in [-0.05, 0) is 43.5 Å². The molecule has 0 aliphatic carbocycles. The van der Waals surface area contributed by atoms with E-state index in [9.17, 15) is 9.59 Å². The van der Waals surface area contributed by atoms with Gasteiger partial charge in [-0.2, -0.15) is 0 Å². The zero-order chi connectivity index (χ0) is 14.7. The number of amides is 1. The van der Waals surface area contributed by atoms with E-state index in [4.69, 9.17) is 10.5 Å². The van der Waals surface area contributed by atoms with Gasteiger partial charge in [0.25, 0.3) is 5.91 Å². The highest BCUT2D eigenvalue weighted by Gasteiger charge is 2.28. The van der Waals surface area contributed by atoms with Crippen molar-refractivity contribution >= 4 is 17.6 Å². The van der Waals surface area contributed by atoms with Crippen molar-refractivity contribution in [2.24, 2.45) is 5.92 Å². The van der Waals surface area contributed by atoms with Crippen LogP contribution in [0.3, 0.4) is 0 Å². The molecule has 1 aromatic carbocycles. The van der Waals surface area contributed by atoms with Gasteiger partial charge in [0, 0.05) is 24.3 Å². The van der Waals surface area contributed by atoms with Crippen molar-refractivity contribution in [1.82, 2.24) is 4.90 Å². The first-order valence-electron chi connectivity index (χ1n) is 6.76. The van der Waals surface area contributed by atoms with E-state index in [1.807, 2.05) is 13.0 Å². The summed E-state index contributed by atoms with van der Waals surface area (Å²) in [7, 11) is 1.40. The Hall–Kier alpha value is -2.04. The first-order chi connectivity index (χ1) is 9.52. The highest BCUT2D eigenvalue weighted by atomic mass is 16.5. The van der Waals surface area contributed by atoms with E-state index < -0.39 is 0 Å². The van der Waals surface area contributed by atoms with Crippen LogP contribution in [-0.2, 0) is 9.53 Å². The van der Waals surface area contributed by atoms with Crippen LogP contribution in [0.25, 0.3) is 0 Å². The molecule has 20 heavy (non-hydrogen) atoms. The van der Waals surface area contributed by atoms with Gasteiger partial charge in [-0.15, -0.1) is 0 Å². The van der Waals surface area contributed by atoms with Crippen LogP contribution in [-0.4, -0.2) is 37.0 Å². The first kappa shape index (κ1) is 14.4. The number of aryl methyl sites for hydroxylation is 1. The summed E-state index contributed by atoms with van der Waals surface area (Å²) in [5.41, 5.74) is 7.99. The number of rotatable bonds is 2. The van der Waals surface area contributed by atoms with Crippen LogP contribution in [0.5, 0.6) is 0 Å². The minimum Gasteiger partial charge on any atom is -0.469 e. The third-order valence-corrected chi connectivity index (χ3v) is 3.83. The van der Waals surface area contributed by atoms with E-state index in [1.165, 1.54) is 7.11 Å². The number of carbonyl (C=O) groups excluding carboxylic acids is 2. The molecule has 0 saturated carbocycles. The molecule has 0 atom stereocenters. The highest BCUT2D eigenvalue weighted by molar-refractivity contribution is 5.95. The van der Waals surface area contributed by atoms with Crippen LogP contribution in [0.15, 0.2) is 18.2 Å². The largest absolute Gasteiger partial charge is 0.469 e. The molecule has 108 valence electrons. The highest BCUT2D eigenvalue weighted by Crippen LogP contribution is 2.21. The molecule has 1 saturated heterocycles. The fourth-order valence-corrected chi connectivity index (χ4v) is 2.48. The SMILES string of the molecule is COC(=O)C1CCN(C(=O)c2ccc(N)c(C)c2)CC1. The van der Waals surface area contributed by atoms with Crippen LogP contribution in [0.2, 0.25) is 0 Å². The lowest BCUT2D eigenvalue weighted by Crippen LogP contribution is -2.40. The Kier molecular flexibility index (Phi) is 4.27. The topological polar surface area (TPSA) is 72.6 Å².